The molecule has 3 aromatic rings. The van der Waals surface area contributed by atoms with Crippen LogP contribution < -0.4 is 14.8 Å². The number of hydrogen-bond acceptors (Lipinski definition) is 6. The molecule has 1 fully saturated rings. The van der Waals surface area contributed by atoms with E-state index < -0.39 is 0 Å². The predicted octanol–water partition coefficient (Wildman–Crippen LogP) is 5.02. The summed E-state index contributed by atoms with van der Waals surface area (Å²) in [4.78, 5) is 9.88. The van der Waals surface area contributed by atoms with Gasteiger partial charge in [0.2, 0.25) is 6.79 Å². The molecule has 0 bridgehead atoms. The second-order valence-electron chi connectivity index (χ2n) is 8.19. The van der Waals surface area contributed by atoms with Crippen LogP contribution in [-0.2, 0) is 6.54 Å². The number of fused-ring (bicyclic) bond motifs is 3. The van der Waals surface area contributed by atoms with Crippen molar-refractivity contribution in [1.82, 2.24) is 9.80 Å². The van der Waals surface area contributed by atoms with Crippen LogP contribution in [0.2, 0.25) is 5.02 Å². The highest BCUT2D eigenvalue weighted by atomic mass is 35.5. The molecule has 6 nitrogen and oxygen atoms in total. The monoisotopic (exact) mass is 446 g/mol. The van der Waals surface area contributed by atoms with E-state index in [-0.39, 0.29) is 0 Å². The fourth-order valence-corrected chi connectivity index (χ4v) is 4.75. The third-order valence-electron chi connectivity index (χ3n) is 6.15. The number of nitrogens with zero attached hydrogens (tertiary/aromatic N) is 3. The molecule has 0 spiro atoms. The molecule has 0 amide bonds. The molecule has 3 aliphatic rings. The van der Waals surface area contributed by atoms with Crippen LogP contribution in [0.15, 0.2) is 65.7 Å². The van der Waals surface area contributed by atoms with Crippen LogP contribution in [0.4, 0.5) is 17.1 Å². The fourth-order valence-electron chi connectivity index (χ4n) is 4.49. The summed E-state index contributed by atoms with van der Waals surface area (Å²) < 4.78 is 11.0. The highest BCUT2D eigenvalue weighted by Crippen LogP contribution is 2.37. The quantitative estimate of drug-likeness (QED) is 0.598. The molecule has 7 heteroatoms. The first-order valence-corrected chi connectivity index (χ1v) is 11.2. The van der Waals surface area contributed by atoms with Gasteiger partial charge in [0.15, 0.2) is 11.5 Å². The van der Waals surface area contributed by atoms with Crippen LogP contribution >= 0.6 is 11.6 Å². The Hall–Kier alpha value is -3.22. The van der Waals surface area contributed by atoms with E-state index in [0.717, 1.165) is 72.7 Å². The third kappa shape index (κ3) is 3.55. The number of hydrogen-bond donors (Lipinski definition) is 1. The number of ether oxygens (including phenoxy) is 2. The van der Waals surface area contributed by atoms with E-state index in [4.69, 9.17) is 26.1 Å². The van der Waals surface area contributed by atoms with Crippen LogP contribution in [0.5, 0.6) is 11.5 Å². The van der Waals surface area contributed by atoms with Crippen molar-refractivity contribution in [2.45, 2.75) is 6.54 Å². The summed E-state index contributed by atoms with van der Waals surface area (Å²) in [7, 11) is 0. The van der Waals surface area contributed by atoms with E-state index in [1.807, 2.05) is 36.4 Å². The number of para-hydroxylation sites is 2. The molecule has 0 aromatic heterocycles. The van der Waals surface area contributed by atoms with Crippen LogP contribution in [0.1, 0.15) is 11.1 Å². The molecule has 0 unspecified atom stereocenters. The summed E-state index contributed by atoms with van der Waals surface area (Å²) in [5.41, 5.74) is 5.12. The van der Waals surface area contributed by atoms with E-state index in [1.54, 1.807) is 0 Å². The van der Waals surface area contributed by atoms with Crippen molar-refractivity contribution in [2.75, 3.05) is 38.3 Å². The number of amidine groups is 1. The summed E-state index contributed by atoms with van der Waals surface area (Å²) in [6.45, 7) is 4.86. The summed E-state index contributed by atoms with van der Waals surface area (Å²) in [5, 5.41) is 4.23. The molecule has 3 aliphatic heterocycles. The van der Waals surface area contributed by atoms with Crippen molar-refractivity contribution in [3.63, 3.8) is 0 Å². The van der Waals surface area contributed by atoms with Gasteiger partial charge in [-0.2, -0.15) is 0 Å². The smallest absolute Gasteiger partial charge is 0.231 e. The Labute approximate surface area is 192 Å². The molecule has 1 saturated heterocycles. The molecule has 0 saturated carbocycles. The van der Waals surface area contributed by atoms with Crippen LogP contribution in [0.3, 0.4) is 0 Å². The molecule has 0 aliphatic carbocycles. The summed E-state index contributed by atoms with van der Waals surface area (Å²) in [6, 6.07) is 20.3. The average molecular weight is 447 g/mol. The molecule has 3 heterocycles. The van der Waals surface area contributed by atoms with Gasteiger partial charge < -0.3 is 19.7 Å². The largest absolute Gasteiger partial charge is 0.454 e. The molecule has 1 N–H and O–H groups in total. The van der Waals surface area contributed by atoms with Crippen molar-refractivity contribution >= 4 is 34.5 Å². The van der Waals surface area contributed by atoms with Gasteiger partial charge in [0, 0.05) is 32.7 Å². The minimum absolute atomic E-state index is 0.307. The van der Waals surface area contributed by atoms with E-state index in [2.05, 4.69) is 39.4 Å². The van der Waals surface area contributed by atoms with Crippen LogP contribution in [0, 0.1) is 0 Å². The molecule has 3 aromatic carbocycles. The minimum atomic E-state index is 0.307. The summed E-state index contributed by atoms with van der Waals surface area (Å²) in [6.07, 6.45) is 0. The Balaban J connectivity index is 1.23. The van der Waals surface area contributed by atoms with Gasteiger partial charge in [-0.1, -0.05) is 35.9 Å². The van der Waals surface area contributed by atoms with Gasteiger partial charge in [0.05, 0.1) is 27.6 Å². The van der Waals surface area contributed by atoms with Crippen molar-refractivity contribution in [1.29, 1.82) is 0 Å². The normalized spacial score (nSPS) is 17.2. The number of nitrogens with one attached hydrogen (secondary N) is 1. The zero-order valence-corrected chi connectivity index (χ0v) is 18.3. The van der Waals surface area contributed by atoms with Gasteiger partial charge in [0.25, 0.3) is 0 Å². The third-order valence-corrected chi connectivity index (χ3v) is 6.47. The number of piperazine rings is 1. The number of halogens is 1. The van der Waals surface area contributed by atoms with E-state index in [9.17, 15) is 0 Å². The maximum Gasteiger partial charge on any atom is 0.231 e. The second-order valence-corrected chi connectivity index (χ2v) is 8.60. The Morgan fingerprint density at radius 2 is 1.69 bits per heavy atom. The number of anilines is 2. The zero-order valence-electron chi connectivity index (χ0n) is 17.6. The maximum atomic E-state index is 6.67. The van der Waals surface area contributed by atoms with Crippen molar-refractivity contribution in [3.8, 4) is 11.5 Å². The number of aliphatic imine (C=N–C) groups is 1. The van der Waals surface area contributed by atoms with Crippen LogP contribution in [-0.4, -0.2) is 48.6 Å². The van der Waals surface area contributed by atoms with Crippen molar-refractivity contribution < 1.29 is 9.47 Å². The predicted molar refractivity (Wildman–Crippen MR) is 127 cm³/mol. The lowest BCUT2D eigenvalue weighted by atomic mass is 10.1. The Morgan fingerprint density at radius 1 is 0.875 bits per heavy atom. The van der Waals surface area contributed by atoms with Gasteiger partial charge in [0.1, 0.15) is 5.84 Å². The van der Waals surface area contributed by atoms with Gasteiger partial charge in [-0.05, 0) is 42.0 Å². The fraction of sp³-hybridized carbons (Fsp3) is 0.240. The molecule has 6 rings (SSSR count). The van der Waals surface area contributed by atoms with Gasteiger partial charge in [-0.15, -0.1) is 0 Å². The second kappa shape index (κ2) is 8.04. The van der Waals surface area contributed by atoms with E-state index in [1.165, 1.54) is 5.56 Å². The lowest BCUT2D eigenvalue weighted by Gasteiger charge is -2.37. The topological polar surface area (TPSA) is 49.3 Å². The van der Waals surface area contributed by atoms with Crippen molar-refractivity contribution in [2.24, 2.45) is 4.99 Å². The van der Waals surface area contributed by atoms with Gasteiger partial charge in [-0.25, -0.2) is 4.99 Å². The lowest BCUT2D eigenvalue weighted by Crippen LogP contribution is -2.48. The zero-order chi connectivity index (χ0) is 21.5. The Morgan fingerprint density at radius 3 is 2.59 bits per heavy atom. The summed E-state index contributed by atoms with van der Waals surface area (Å²) in [5.74, 6) is 2.60. The molecule has 0 radical (unpaired) electrons. The Kier molecular flexibility index (Phi) is 4.89. The van der Waals surface area contributed by atoms with Crippen molar-refractivity contribution in [3.05, 3.63) is 76.8 Å². The highest BCUT2D eigenvalue weighted by Gasteiger charge is 2.27. The van der Waals surface area contributed by atoms with Crippen LogP contribution in [0.25, 0.3) is 0 Å². The standard InChI is InChI=1S/C25H23ClN4O2/c26-18-4-3-7-21-24(18)25(28-20-6-2-1-5-19(20)27-21)30-12-10-29(11-13-30)15-17-8-9-22-23(14-17)32-16-31-22/h1-9,14,27H,10-13,15-16H2. The van der Waals surface area contributed by atoms with E-state index >= 15 is 0 Å². The first kappa shape index (κ1) is 19.5. The molecular formula is C25H23ClN4O2. The molecular weight excluding hydrogens is 424 g/mol. The highest BCUT2D eigenvalue weighted by molar-refractivity contribution is 6.35. The summed E-state index contributed by atoms with van der Waals surface area (Å²) >= 11 is 6.67. The van der Waals surface area contributed by atoms with E-state index in [0.29, 0.717) is 11.8 Å². The Bertz CT molecular complexity index is 1200. The first-order valence-electron chi connectivity index (χ1n) is 10.8. The molecule has 0 atom stereocenters. The maximum absolute atomic E-state index is 6.67. The molecule has 32 heavy (non-hydrogen) atoms. The minimum Gasteiger partial charge on any atom is -0.454 e. The SMILES string of the molecule is Clc1cccc2c1C(N1CCN(Cc3ccc4c(c3)OCO4)CC1)=Nc1ccccc1N2. The van der Waals surface area contributed by atoms with Gasteiger partial charge in [-0.3, -0.25) is 4.90 Å². The number of rotatable bonds is 2. The number of benzene rings is 3. The average Bonchev–Trinajstić information content (AvgIpc) is 3.20. The first-order chi connectivity index (χ1) is 15.7. The lowest BCUT2D eigenvalue weighted by molar-refractivity contribution is 0.172. The molecule has 162 valence electrons. The van der Waals surface area contributed by atoms with Gasteiger partial charge >= 0.3 is 0 Å².